The van der Waals surface area contributed by atoms with E-state index in [9.17, 15) is 19.2 Å². The number of fused-ring (bicyclic) bond motifs is 2. The van der Waals surface area contributed by atoms with E-state index in [1.54, 1.807) is 17.8 Å². The largest absolute Gasteiger partial charge is 0.379 e. The summed E-state index contributed by atoms with van der Waals surface area (Å²) in [7, 11) is 1.72. The fraction of sp³-hybridized carbons (Fsp3) is 0.543. The van der Waals surface area contributed by atoms with Crippen LogP contribution in [0.2, 0.25) is 0 Å². The van der Waals surface area contributed by atoms with Crippen LogP contribution in [0.5, 0.6) is 0 Å². The third kappa shape index (κ3) is 11.1. The van der Waals surface area contributed by atoms with Gasteiger partial charge in [-0.1, -0.05) is 18.6 Å². The predicted octanol–water partition coefficient (Wildman–Crippen LogP) is 2.77. The SMILES string of the molecule is Cn1cc(-c2ccc(NC(=O)CCOCCOCCOCCOCCNC(=O)CCCC[C@@H]3SC[C@@H]4NC(=O)N[C@@H]43)cc2)c2cc[nH]c2c1=O. The van der Waals surface area contributed by atoms with Gasteiger partial charge >= 0.3 is 6.03 Å². The average molecular weight is 713 g/mol. The van der Waals surface area contributed by atoms with E-state index in [0.29, 0.717) is 75.7 Å². The Hall–Kier alpha value is -3.89. The number of amides is 4. The Balaban J connectivity index is 0.787. The number of urea groups is 1. The molecular formula is C35H48N6O8S. The number of nitrogens with one attached hydrogen (secondary N) is 5. The first-order valence-electron chi connectivity index (χ1n) is 17.2. The highest BCUT2D eigenvalue weighted by Gasteiger charge is 2.42. The van der Waals surface area contributed by atoms with Gasteiger partial charge in [0.1, 0.15) is 5.52 Å². The molecule has 0 bridgehead atoms. The monoisotopic (exact) mass is 712 g/mol. The van der Waals surface area contributed by atoms with Gasteiger partial charge in [-0.25, -0.2) is 4.79 Å². The van der Waals surface area contributed by atoms with Crippen LogP contribution in [0.15, 0.2) is 47.5 Å². The van der Waals surface area contributed by atoms with Gasteiger partial charge in [-0.15, -0.1) is 0 Å². The zero-order valence-corrected chi connectivity index (χ0v) is 29.3. The summed E-state index contributed by atoms with van der Waals surface area (Å²) in [5.41, 5.74) is 3.05. The van der Waals surface area contributed by atoms with Gasteiger partial charge < -0.3 is 49.8 Å². The minimum absolute atomic E-state index is 0.0304. The maximum atomic E-state index is 12.3. The normalized spacial score (nSPS) is 18.2. The first-order chi connectivity index (χ1) is 24.4. The molecule has 2 aliphatic heterocycles. The molecule has 272 valence electrons. The number of rotatable bonds is 22. The molecule has 0 radical (unpaired) electrons. The molecule has 0 aliphatic carbocycles. The van der Waals surface area contributed by atoms with Crippen molar-refractivity contribution in [1.82, 2.24) is 25.5 Å². The lowest BCUT2D eigenvalue weighted by Crippen LogP contribution is -2.36. The van der Waals surface area contributed by atoms with Crippen LogP contribution in [0, 0.1) is 0 Å². The number of aromatic nitrogens is 2. The highest BCUT2D eigenvalue weighted by atomic mass is 32.2. The van der Waals surface area contributed by atoms with Crippen molar-refractivity contribution in [1.29, 1.82) is 0 Å². The lowest BCUT2D eigenvalue weighted by molar-refractivity contribution is -0.121. The molecule has 0 spiro atoms. The fourth-order valence-electron chi connectivity index (χ4n) is 6.01. The number of hydrogen-bond acceptors (Lipinski definition) is 9. The number of carbonyl (C=O) groups excluding carboxylic acids is 3. The third-order valence-electron chi connectivity index (χ3n) is 8.61. The molecule has 50 heavy (non-hydrogen) atoms. The minimum atomic E-state index is -0.144. The second-order valence-electron chi connectivity index (χ2n) is 12.3. The molecule has 4 amide bonds. The molecule has 3 atom stereocenters. The van der Waals surface area contributed by atoms with Gasteiger partial charge in [0.2, 0.25) is 11.8 Å². The van der Waals surface area contributed by atoms with Crippen molar-refractivity contribution < 1.29 is 33.3 Å². The average Bonchev–Trinajstić information content (AvgIpc) is 3.84. The number of nitrogens with zero attached hydrogens (tertiary/aromatic N) is 1. The fourth-order valence-corrected chi connectivity index (χ4v) is 7.55. The van der Waals surface area contributed by atoms with Gasteiger partial charge in [-0.3, -0.25) is 14.4 Å². The van der Waals surface area contributed by atoms with Gasteiger partial charge in [0.15, 0.2) is 0 Å². The number of ether oxygens (including phenoxy) is 4. The highest BCUT2D eigenvalue weighted by Crippen LogP contribution is 2.33. The van der Waals surface area contributed by atoms with Crippen molar-refractivity contribution >= 4 is 46.2 Å². The number of anilines is 1. The Morgan fingerprint density at radius 3 is 2.30 bits per heavy atom. The van der Waals surface area contributed by atoms with E-state index >= 15 is 0 Å². The number of hydrogen-bond donors (Lipinski definition) is 5. The Bertz CT molecular complexity index is 1610. The number of H-pyrrole nitrogens is 1. The topological polar surface area (TPSA) is 174 Å². The van der Waals surface area contributed by atoms with E-state index in [1.807, 2.05) is 48.3 Å². The number of benzene rings is 1. The van der Waals surface area contributed by atoms with E-state index in [4.69, 9.17) is 18.9 Å². The molecule has 3 aromatic rings. The maximum absolute atomic E-state index is 12.3. The molecule has 5 rings (SSSR count). The molecule has 2 saturated heterocycles. The van der Waals surface area contributed by atoms with Crippen LogP contribution in [0.4, 0.5) is 10.5 Å². The molecule has 14 nitrogen and oxygen atoms in total. The number of carbonyl (C=O) groups is 3. The summed E-state index contributed by atoms with van der Waals surface area (Å²) in [6.07, 6.45) is 7.09. The maximum Gasteiger partial charge on any atom is 0.315 e. The lowest BCUT2D eigenvalue weighted by Gasteiger charge is -2.16. The van der Waals surface area contributed by atoms with Crippen LogP contribution < -0.4 is 26.8 Å². The van der Waals surface area contributed by atoms with Crippen LogP contribution in [0.3, 0.4) is 0 Å². The smallest absolute Gasteiger partial charge is 0.315 e. The Morgan fingerprint density at radius 1 is 0.860 bits per heavy atom. The first kappa shape index (κ1) is 37.4. The van der Waals surface area contributed by atoms with E-state index in [-0.39, 0.29) is 48.5 Å². The number of thioether (sulfide) groups is 1. The second-order valence-corrected chi connectivity index (χ2v) is 13.5. The zero-order valence-electron chi connectivity index (χ0n) is 28.5. The molecule has 4 heterocycles. The van der Waals surface area contributed by atoms with Crippen LogP contribution in [0.25, 0.3) is 22.0 Å². The summed E-state index contributed by atoms with van der Waals surface area (Å²) in [6, 6.07) is 9.79. The van der Waals surface area contributed by atoms with Crippen LogP contribution in [0.1, 0.15) is 32.1 Å². The first-order valence-corrected chi connectivity index (χ1v) is 18.3. The highest BCUT2D eigenvalue weighted by molar-refractivity contribution is 8.00. The summed E-state index contributed by atoms with van der Waals surface area (Å²) < 4.78 is 23.6. The van der Waals surface area contributed by atoms with E-state index in [0.717, 1.165) is 41.5 Å². The van der Waals surface area contributed by atoms with Crippen molar-refractivity contribution in [2.75, 3.05) is 70.5 Å². The third-order valence-corrected chi connectivity index (χ3v) is 10.1. The zero-order chi connectivity index (χ0) is 35.1. The number of unbranched alkanes of at least 4 members (excludes halogenated alkanes) is 1. The number of aryl methyl sites for hydroxylation is 1. The summed E-state index contributed by atoms with van der Waals surface area (Å²) in [5.74, 6) is 0.839. The van der Waals surface area contributed by atoms with Crippen LogP contribution >= 0.6 is 11.8 Å². The summed E-state index contributed by atoms with van der Waals surface area (Å²) in [5, 5.41) is 13.0. The van der Waals surface area contributed by atoms with Gasteiger partial charge in [0.05, 0.1) is 71.4 Å². The Kier molecular flexibility index (Phi) is 14.6. The van der Waals surface area contributed by atoms with Crippen molar-refractivity contribution in [2.24, 2.45) is 7.05 Å². The molecule has 0 unspecified atom stereocenters. The van der Waals surface area contributed by atoms with Gasteiger partial charge in [-0.2, -0.15) is 11.8 Å². The van der Waals surface area contributed by atoms with Crippen molar-refractivity contribution in [3.8, 4) is 11.1 Å². The van der Waals surface area contributed by atoms with E-state index in [1.165, 1.54) is 0 Å². The van der Waals surface area contributed by atoms with E-state index < -0.39 is 0 Å². The molecule has 2 fully saturated rings. The Morgan fingerprint density at radius 2 is 1.56 bits per heavy atom. The second kappa shape index (κ2) is 19.5. The molecule has 15 heteroatoms. The predicted molar refractivity (Wildman–Crippen MR) is 192 cm³/mol. The summed E-state index contributed by atoms with van der Waals surface area (Å²) in [6.45, 7) is 3.69. The van der Waals surface area contributed by atoms with Gasteiger partial charge in [0, 0.05) is 60.0 Å². The lowest BCUT2D eigenvalue weighted by atomic mass is 10.0. The number of pyridine rings is 1. The molecular weight excluding hydrogens is 664 g/mol. The number of aromatic amines is 1. The van der Waals surface area contributed by atoms with Crippen molar-refractivity contribution in [3.05, 3.63) is 53.1 Å². The van der Waals surface area contributed by atoms with Crippen LogP contribution in [-0.2, 0) is 35.6 Å². The minimum Gasteiger partial charge on any atom is -0.379 e. The molecule has 5 N–H and O–H groups in total. The standard InChI is InChI=1S/C35H48N6O8S/c1-41-22-27(26-10-12-37-32(26)34(41)44)24-6-8-25(9-7-24)38-31(43)11-14-46-16-18-48-20-21-49-19-17-47-15-13-36-30(42)5-3-2-4-29-33-28(23-50-29)39-35(45)40-33/h6-10,12,22,28-29,33,37H,2-5,11,13-21,23H2,1H3,(H,36,42)(H,38,43)(H2,39,40,45)/t28-,29-,33-/m0/s1. The molecule has 2 aliphatic rings. The Labute approximate surface area is 295 Å². The molecule has 0 saturated carbocycles. The van der Waals surface area contributed by atoms with Crippen molar-refractivity contribution in [2.45, 2.75) is 49.4 Å². The molecule has 1 aromatic carbocycles. The quantitative estimate of drug-likeness (QED) is 0.0776. The van der Waals surface area contributed by atoms with Crippen molar-refractivity contribution in [3.63, 3.8) is 0 Å². The summed E-state index contributed by atoms with van der Waals surface area (Å²) in [4.78, 5) is 51.2. The molecule has 2 aromatic heterocycles. The van der Waals surface area contributed by atoms with Crippen LogP contribution in [-0.4, -0.2) is 110 Å². The van der Waals surface area contributed by atoms with Gasteiger partial charge in [0.25, 0.3) is 5.56 Å². The van der Waals surface area contributed by atoms with Gasteiger partial charge in [-0.05, 0) is 36.6 Å². The van der Waals surface area contributed by atoms with E-state index in [2.05, 4.69) is 26.3 Å². The summed E-state index contributed by atoms with van der Waals surface area (Å²) >= 11 is 1.90.